The van der Waals surface area contributed by atoms with Crippen molar-refractivity contribution < 1.29 is 119 Å². The Kier molecular flexibility index (Phi) is 48.6. The Hall–Kier alpha value is -9.12. The van der Waals surface area contributed by atoms with Crippen molar-refractivity contribution in [2.75, 3.05) is 95.4 Å². The Bertz CT molecular complexity index is 4410. The average Bonchev–Trinajstić information content (AvgIpc) is 0.820. The molecule has 11 atom stereocenters. The minimum Gasteiger partial charge on any atom is -0.469 e. The van der Waals surface area contributed by atoms with Gasteiger partial charge in [0, 0.05) is 91.0 Å². The van der Waals surface area contributed by atoms with Crippen LogP contribution in [0.5, 0.6) is 0 Å². The minimum absolute atomic E-state index is 0.0309. The maximum atomic E-state index is 14.6. The first-order valence-electron chi connectivity index (χ1n) is 43.0. The van der Waals surface area contributed by atoms with Crippen LogP contribution in [0.4, 0.5) is 9.59 Å². The zero-order chi connectivity index (χ0) is 96.3. The van der Waals surface area contributed by atoms with Gasteiger partial charge >= 0.3 is 39.8 Å². The number of phosphoric acid groups is 2. The molecule has 0 saturated heterocycles. The van der Waals surface area contributed by atoms with E-state index in [2.05, 4.69) is 31.5 Å². The zero-order valence-corrected chi connectivity index (χ0v) is 80.3. The lowest BCUT2D eigenvalue weighted by Crippen LogP contribution is -2.53. The van der Waals surface area contributed by atoms with E-state index in [1.54, 1.807) is 78.2 Å². The Morgan fingerprint density at radius 1 is 0.442 bits per heavy atom. The summed E-state index contributed by atoms with van der Waals surface area (Å²) < 4.78 is 84.4. The van der Waals surface area contributed by atoms with E-state index in [-0.39, 0.29) is 110 Å². The number of pyridine rings is 2. The van der Waals surface area contributed by atoms with Crippen LogP contribution in [0.2, 0.25) is 0 Å². The molecule has 4 amide bonds. The summed E-state index contributed by atoms with van der Waals surface area (Å²) in [6.45, 7) is 25.2. The molecule has 0 aliphatic rings. The number of aromatic nitrogens is 2. The number of alkyl carbamates (subject to hydrolysis) is 2. The maximum Gasteiger partial charge on any atom is 0.472 e. The monoisotopic (exact) mass is 1840 g/mol. The van der Waals surface area contributed by atoms with Crippen molar-refractivity contribution in [2.24, 2.45) is 45.3 Å². The number of nitrogens with zero attached hydrogens (tertiary/aromatic N) is 4. The van der Waals surface area contributed by atoms with Crippen LogP contribution in [0.1, 0.15) is 158 Å². The number of carbonyl (C=O) groups excluding carboxylic acids is 8. The molecule has 0 aliphatic carbocycles. The normalized spacial score (nSPS) is 14.7. The van der Waals surface area contributed by atoms with Crippen molar-refractivity contribution in [3.63, 3.8) is 0 Å². The topological polar surface area (TPSA) is 434 Å². The number of esters is 2. The van der Waals surface area contributed by atoms with Gasteiger partial charge in [0.15, 0.2) is 11.6 Å². The molecular weight excluding hydrogens is 1700 g/mol. The Balaban J connectivity index is 0.000000504. The second-order valence-corrected chi connectivity index (χ2v) is 38.2. The molecule has 129 heavy (non-hydrogen) atoms. The lowest BCUT2D eigenvalue weighted by molar-refractivity contribution is -0.148. The lowest BCUT2D eigenvalue weighted by Gasteiger charge is -2.37. The molecule has 0 radical (unpaired) electrons. The van der Waals surface area contributed by atoms with Gasteiger partial charge in [-0.25, -0.2) is 28.7 Å². The first-order valence-corrected chi connectivity index (χ1v) is 46.1. The highest BCUT2D eigenvalue weighted by Gasteiger charge is 2.44. The van der Waals surface area contributed by atoms with Crippen LogP contribution < -0.4 is 21.5 Å². The summed E-state index contributed by atoms with van der Waals surface area (Å²) in [7, 11) is -1.63. The van der Waals surface area contributed by atoms with E-state index in [1.807, 2.05) is 189 Å². The number of ketones is 2. The molecule has 0 fully saturated rings. The number of rotatable bonds is 50. The van der Waals surface area contributed by atoms with Crippen LogP contribution >= 0.6 is 15.6 Å². The van der Waals surface area contributed by atoms with Crippen molar-refractivity contribution in [2.45, 2.75) is 198 Å². The smallest absolute Gasteiger partial charge is 0.469 e. The number of hydrogen-bond donors (Lipinski definition) is 8. The molecule has 0 aliphatic heterocycles. The summed E-state index contributed by atoms with van der Waals surface area (Å²) in [4.78, 5) is 149. The van der Waals surface area contributed by atoms with E-state index >= 15 is 0 Å². The van der Waals surface area contributed by atoms with E-state index in [0.29, 0.717) is 6.42 Å². The molecule has 0 bridgehead atoms. The quantitative estimate of drug-likeness (QED) is 0.00578. The molecule has 4 aromatic carbocycles. The first kappa shape index (κ1) is 112. The third-order valence-corrected chi connectivity index (χ3v) is 22.7. The van der Waals surface area contributed by atoms with Gasteiger partial charge in [0.25, 0.3) is 0 Å². The fourth-order valence-corrected chi connectivity index (χ4v) is 15.3. The third-order valence-electron chi connectivity index (χ3n) is 21.2. The van der Waals surface area contributed by atoms with Gasteiger partial charge in [0.2, 0.25) is 11.8 Å². The van der Waals surface area contributed by atoms with Gasteiger partial charge in [-0.05, 0) is 106 Å². The second-order valence-electron chi connectivity index (χ2n) is 35.6. The predicted molar refractivity (Wildman–Crippen MR) is 488 cm³/mol. The van der Waals surface area contributed by atoms with Gasteiger partial charge in [-0.2, -0.15) is 0 Å². The zero-order valence-electron chi connectivity index (χ0n) is 78.6. The number of hydrazine groups is 2. The van der Waals surface area contributed by atoms with Gasteiger partial charge in [0.05, 0.1) is 113 Å². The molecule has 6 rings (SSSR count). The lowest BCUT2D eigenvalue weighted by atomic mass is 9.78. The molecular formula is C94H140N8O25P2. The van der Waals surface area contributed by atoms with Gasteiger partial charge in [-0.3, -0.25) is 63.2 Å². The first-order chi connectivity index (χ1) is 60.7. The molecule has 35 heteroatoms. The van der Waals surface area contributed by atoms with Crippen LogP contribution in [-0.4, -0.2) is 219 Å². The Morgan fingerprint density at radius 2 is 0.806 bits per heavy atom. The highest BCUT2D eigenvalue weighted by Crippen LogP contribution is 2.48. The predicted octanol–water partition coefficient (Wildman–Crippen LogP) is 13.6. The number of aliphatic hydroxyl groups excluding tert-OH is 1. The van der Waals surface area contributed by atoms with Crippen molar-refractivity contribution in [3.8, 4) is 22.5 Å². The number of ether oxygens (including phenoxy) is 8. The SMILES string of the molecule is CC[C@@H](CO)OC.CC[C@@H](COP(=O)(O)O[C@@H](CN(Cc1ccc(-c2ccccn2)cc1)NC(=O)[C@@H](CC(=O)OC)C(C)(C)C)[C@@H](CC(=O)[C@@H](NC(=O)OCCOC)C(C)(C)C)Cc1ccccc1)OC.COCCOC(=O)N[C@H](C(=O)C[C@@H](Cc1ccccc1)[C@H](CN(Cc1ccc(-c2ccccn2)cc1)NC(=O)[C@@H](CC(=O)OC)C(C)(C)C)OP(=O)(O)O)C(C)(C)C. The molecule has 8 N–H and O–H groups in total. The number of benzene rings is 4. The Labute approximate surface area is 761 Å². The molecule has 33 nitrogen and oxygen atoms in total. The standard InChI is InChI=1S/C47H69N4O12P.C42H59N4O11P.C5H12O2/c1-11-37(59-9)32-62-64(56,57)63-41(36(27-33-17-13-12-14-18-33)28-40(52)43(47(5,6)7)49-45(55)61-26-25-58-8)31-51(50-44(54)38(46(2,3)4)29-42(53)60-10)30-34-20-22-35(23-21-34)39-19-15-16-24-48-39;1-41(2,3)33(26-37(48)55-8)39(49)45-46(27-30-17-19-31(20-18-30)34-16-12-13-21-43-34)28-36(57-58(51,52)53)32(24-29-14-10-9-11-15-29)25-35(47)38(42(4,5)6)44-40(50)56-23-22-54-7;1-3-5(4-6)7-2/h12-24,36-38,41,43H,11,25-32H2,1-10H3,(H,49,55)(H,50,54)(H,56,57);9-21,32-33,36,38H,22-28H2,1-8H3,(H,44,50)(H,45,49)(H2,51,52,53);5-6H,3-4H2,1-2H3/t36-,37+,38-,41+,43-;32-,33-,36+,38-;5-/m110/s1. The molecule has 1 unspecified atom stereocenters. The number of methoxy groups -OCH3 is 6. The largest absolute Gasteiger partial charge is 0.472 e. The van der Waals surface area contributed by atoms with E-state index in [9.17, 15) is 62.2 Å². The fraction of sp³-hybridized carbons (Fsp3) is 0.553. The van der Waals surface area contributed by atoms with Crippen LogP contribution in [0.3, 0.4) is 0 Å². The molecule has 716 valence electrons. The van der Waals surface area contributed by atoms with E-state index in [0.717, 1.165) is 51.2 Å². The molecule has 2 aromatic heterocycles. The number of hydrogen-bond acceptors (Lipinski definition) is 26. The van der Waals surface area contributed by atoms with E-state index < -0.39 is 139 Å². The number of amides is 4. The number of carbonyl (C=O) groups is 8. The summed E-state index contributed by atoms with van der Waals surface area (Å²) in [5, 5.41) is 16.8. The highest BCUT2D eigenvalue weighted by molar-refractivity contribution is 7.47. The van der Waals surface area contributed by atoms with Crippen LogP contribution in [0.15, 0.2) is 158 Å². The van der Waals surface area contributed by atoms with Gasteiger partial charge in [-0.1, -0.05) is 218 Å². The third kappa shape index (κ3) is 42.8. The van der Waals surface area contributed by atoms with E-state index in [1.165, 1.54) is 40.6 Å². The van der Waals surface area contributed by atoms with Crippen LogP contribution in [-0.2, 0) is 115 Å². The minimum atomic E-state index is -5.22. The van der Waals surface area contributed by atoms with Crippen molar-refractivity contribution >= 4 is 63.2 Å². The summed E-state index contributed by atoms with van der Waals surface area (Å²) >= 11 is 0. The molecule has 6 aromatic rings. The maximum absolute atomic E-state index is 14.6. The van der Waals surface area contributed by atoms with E-state index in [4.69, 9.17) is 56.6 Å². The average molecular weight is 1840 g/mol. The summed E-state index contributed by atoms with van der Waals surface area (Å²) in [5.41, 5.74) is 9.15. The van der Waals surface area contributed by atoms with Gasteiger partial charge in [-0.15, -0.1) is 0 Å². The number of nitrogens with one attached hydrogen (secondary N) is 4. The molecule has 0 saturated carbocycles. The molecule has 0 spiro atoms. The fourth-order valence-electron chi connectivity index (χ4n) is 13.7. The number of aliphatic hydroxyl groups is 1. The summed E-state index contributed by atoms with van der Waals surface area (Å²) in [6.07, 6.45) is -0.635. The van der Waals surface area contributed by atoms with Crippen molar-refractivity contribution in [1.29, 1.82) is 0 Å². The Morgan fingerprint density at radius 3 is 1.10 bits per heavy atom. The van der Waals surface area contributed by atoms with Crippen molar-refractivity contribution in [3.05, 3.63) is 180 Å². The molecule has 2 heterocycles. The van der Waals surface area contributed by atoms with Crippen LogP contribution in [0.25, 0.3) is 22.5 Å². The van der Waals surface area contributed by atoms with Gasteiger partial charge < -0.3 is 68.3 Å². The second kappa shape index (κ2) is 55.9. The number of phosphoric ester groups is 2. The van der Waals surface area contributed by atoms with Crippen molar-refractivity contribution in [1.82, 2.24) is 41.5 Å². The summed E-state index contributed by atoms with van der Waals surface area (Å²) in [6, 6.07) is 42.3. The summed E-state index contributed by atoms with van der Waals surface area (Å²) in [5.74, 6) is -6.47. The van der Waals surface area contributed by atoms with Gasteiger partial charge in [0.1, 0.15) is 13.2 Å². The number of Topliss-reactive ketones (excluding diaryl/α,β-unsaturated/α-hetero) is 2. The highest BCUT2D eigenvalue weighted by atomic mass is 31.2. The van der Waals surface area contributed by atoms with Crippen LogP contribution in [0, 0.1) is 45.3 Å².